The summed E-state index contributed by atoms with van der Waals surface area (Å²) in [7, 11) is 0. The van der Waals surface area contributed by atoms with Crippen molar-refractivity contribution in [1.82, 2.24) is 31.4 Å². The molecule has 14 heteroatoms. The molecule has 1 aromatic heterocycles. The number of hydrazine groups is 1. The number of benzene rings is 3. The molecule has 0 bridgehead atoms. The Kier molecular flexibility index (Phi) is 16.3. The molecular formula is C44H55N7O7. The van der Waals surface area contributed by atoms with Gasteiger partial charge in [-0.1, -0.05) is 118 Å². The first-order valence-corrected chi connectivity index (χ1v) is 20.0. The van der Waals surface area contributed by atoms with Crippen molar-refractivity contribution < 1.29 is 33.8 Å². The smallest absolute Gasteiger partial charge is 0.408 e. The number of hydrogen-bond donors (Lipinski definition) is 6. The van der Waals surface area contributed by atoms with Crippen molar-refractivity contribution in [2.75, 3.05) is 13.1 Å². The highest BCUT2D eigenvalue weighted by Crippen LogP contribution is 2.24. The molecule has 5 amide bonds. The summed E-state index contributed by atoms with van der Waals surface area (Å²) in [4.78, 5) is 70.2. The fourth-order valence-corrected chi connectivity index (χ4v) is 7.02. The van der Waals surface area contributed by atoms with Gasteiger partial charge in [0.2, 0.25) is 11.8 Å². The molecule has 1 aliphatic carbocycles. The number of aliphatic hydroxyl groups is 1. The number of aliphatic hydroxyl groups excluding tert-OH is 1. The molecule has 1 heterocycles. The van der Waals surface area contributed by atoms with Crippen molar-refractivity contribution in [3.05, 3.63) is 114 Å². The molecule has 1 fully saturated rings. The Morgan fingerprint density at radius 2 is 1.48 bits per heavy atom. The summed E-state index contributed by atoms with van der Waals surface area (Å²) in [6, 6.07) is 25.8. The number of carbonyl (C=O) groups is 5. The number of carbonyl (C=O) groups excluding carboxylic acids is 5. The fourth-order valence-electron chi connectivity index (χ4n) is 7.02. The molecule has 4 atom stereocenters. The normalized spacial score (nSPS) is 15.2. The van der Waals surface area contributed by atoms with E-state index in [1.54, 1.807) is 23.2 Å². The van der Waals surface area contributed by atoms with E-state index in [9.17, 15) is 29.1 Å². The highest BCUT2D eigenvalue weighted by Gasteiger charge is 2.32. The molecule has 1 saturated carbocycles. The summed E-state index contributed by atoms with van der Waals surface area (Å²) in [5, 5.41) is 22.1. The van der Waals surface area contributed by atoms with Crippen molar-refractivity contribution in [2.24, 2.45) is 17.6 Å². The molecule has 0 spiro atoms. The first-order valence-electron chi connectivity index (χ1n) is 20.0. The van der Waals surface area contributed by atoms with Crippen LogP contribution in [0.5, 0.6) is 0 Å². The molecule has 0 saturated heterocycles. The Morgan fingerprint density at radius 3 is 2.17 bits per heavy atom. The van der Waals surface area contributed by atoms with Gasteiger partial charge in [0.25, 0.3) is 11.8 Å². The predicted octanol–water partition coefficient (Wildman–Crippen LogP) is 4.16. The van der Waals surface area contributed by atoms with E-state index < -0.39 is 60.4 Å². The molecule has 308 valence electrons. The van der Waals surface area contributed by atoms with E-state index in [1.807, 2.05) is 86.6 Å². The third kappa shape index (κ3) is 13.5. The summed E-state index contributed by atoms with van der Waals surface area (Å²) in [6.07, 6.45) is 2.93. The molecule has 0 aliphatic heterocycles. The third-order valence-corrected chi connectivity index (χ3v) is 10.2. The topological polar surface area (TPSA) is 205 Å². The van der Waals surface area contributed by atoms with Crippen LogP contribution in [0.15, 0.2) is 97.1 Å². The fraction of sp³-hybridized carbons (Fsp3) is 0.409. The van der Waals surface area contributed by atoms with E-state index >= 15 is 0 Å². The molecule has 7 N–H and O–H groups in total. The minimum absolute atomic E-state index is 0.0412. The average molecular weight is 794 g/mol. The average Bonchev–Trinajstić information content (AvgIpc) is 3.22. The summed E-state index contributed by atoms with van der Waals surface area (Å²) >= 11 is 0. The Bertz CT molecular complexity index is 1970. The zero-order valence-electron chi connectivity index (χ0n) is 33.1. The van der Waals surface area contributed by atoms with E-state index in [0.29, 0.717) is 12.1 Å². The Morgan fingerprint density at radius 1 is 0.828 bits per heavy atom. The molecule has 2 unspecified atom stereocenters. The van der Waals surface area contributed by atoms with Crippen LogP contribution in [0.2, 0.25) is 0 Å². The number of aromatic nitrogens is 1. The van der Waals surface area contributed by atoms with Gasteiger partial charge in [-0.05, 0) is 54.4 Å². The lowest BCUT2D eigenvalue weighted by atomic mass is 9.89. The lowest BCUT2D eigenvalue weighted by molar-refractivity contribution is -0.131. The number of nitrogens with two attached hydrogens (primary N) is 1. The van der Waals surface area contributed by atoms with Gasteiger partial charge >= 0.3 is 6.09 Å². The van der Waals surface area contributed by atoms with Crippen molar-refractivity contribution in [3.63, 3.8) is 0 Å². The van der Waals surface area contributed by atoms with Gasteiger partial charge in [-0.3, -0.25) is 29.9 Å². The number of nitrogens with one attached hydrogen (secondary N) is 4. The lowest BCUT2D eigenvalue weighted by Crippen LogP contribution is -2.59. The number of pyridine rings is 1. The Labute approximate surface area is 339 Å². The van der Waals surface area contributed by atoms with Gasteiger partial charge in [0.05, 0.1) is 30.1 Å². The van der Waals surface area contributed by atoms with Crippen LogP contribution in [-0.4, -0.2) is 82.1 Å². The summed E-state index contributed by atoms with van der Waals surface area (Å²) < 4.78 is 5.39. The molecule has 14 nitrogen and oxygen atoms in total. The van der Waals surface area contributed by atoms with Crippen LogP contribution < -0.4 is 27.1 Å². The van der Waals surface area contributed by atoms with E-state index in [1.165, 1.54) is 6.07 Å². The molecule has 1 aliphatic rings. The van der Waals surface area contributed by atoms with Crippen molar-refractivity contribution >= 4 is 40.6 Å². The van der Waals surface area contributed by atoms with Crippen LogP contribution in [0.4, 0.5) is 4.79 Å². The van der Waals surface area contributed by atoms with Gasteiger partial charge in [0.15, 0.2) is 0 Å². The Balaban J connectivity index is 1.24. The highest BCUT2D eigenvalue weighted by atomic mass is 16.5. The van der Waals surface area contributed by atoms with E-state index in [-0.39, 0.29) is 37.1 Å². The first kappa shape index (κ1) is 43.4. The molecule has 4 aromatic rings. The van der Waals surface area contributed by atoms with Gasteiger partial charge < -0.3 is 26.2 Å². The minimum Gasteiger partial charge on any atom is -0.445 e. The number of amides is 5. The van der Waals surface area contributed by atoms with E-state index in [4.69, 9.17) is 10.5 Å². The van der Waals surface area contributed by atoms with Gasteiger partial charge in [0.1, 0.15) is 18.3 Å². The van der Waals surface area contributed by atoms with Crippen LogP contribution in [0, 0.1) is 11.8 Å². The van der Waals surface area contributed by atoms with Gasteiger partial charge in [-0.25, -0.2) is 14.8 Å². The van der Waals surface area contributed by atoms with Crippen LogP contribution in [-0.2, 0) is 32.1 Å². The zero-order chi connectivity index (χ0) is 41.4. The molecule has 5 rings (SSSR count). The van der Waals surface area contributed by atoms with Crippen LogP contribution >= 0.6 is 0 Å². The quantitative estimate of drug-likeness (QED) is 0.0794. The third-order valence-electron chi connectivity index (χ3n) is 10.2. The van der Waals surface area contributed by atoms with E-state index in [2.05, 4.69) is 26.4 Å². The number of ether oxygens (including phenoxy) is 1. The summed E-state index contributed by atoms with van der Waals surface area (Å²) in [5.74, 6) is -2.70. The SMILES string of the molecule is CC(C)[C@H](NC(=O)OCc1ccccc1)C(=O)NN(CC1CCCCC1)CC(O)C(Cc1ccccc1)NC(=O)[C@@H](N)CC(=O)NC(=O)c1ccc2ccccc2n1. The number of rotatable bonds is 18. The molecular weight excluding hydrogens is 739 g/mol. The number of para-hydroxylation sites is 1. The van der Waals surface area contributed by atoms with Crippen LogP contribution in [0.3, 0.4) is 0 Å². The standard InChI is InChI=1S/C44H55N7O7/c1-29(2)40(49-44(57)58-28-32-18-10-5-11-19-32)43(56)50-51(26-31-16-8-4-9-17-31)27-38(52)37(24-30-14-6-3-7-15-30)47-41(54)34(45)25-39(53)48-42(55)36-23-22-33-20-12-13-21-35(33)46-36/h3,5-7,10-15,18-23,29,31,34,37-38,40,52H,4,8-9,16-17,24-28,45H2,1-2H3,(H,47,54)(H,49,57)(H,50,56)(H,48,53,55)/t34-,37?,38?,40-/m0/s1. The van der Waals surface area contributed by atoms with Crippen molar-refractivity contribution in [3.8, 4) is 0 Å². The van der Waals surface area contributed by atoms with Gasteiger partial charge in [-0.15, -0.1) is 0 Å². The minimum atomic E-state index is -1.35. The number of nitrogens with zero attached hydrogens (tertiary/aromatic N) is 2. The number of fused-ring (bicyclic) bond motifs is 1. The maximum Gasteiger partial charge on any atom is 0.408 e. The van der Waals surface area contributed by atoms with Crippen molar-refractivity contribution in [2.45, 2.75) is 89.6 Å². The maximum absolute atomic E-state index is 13.8. The zero-order valence-corrected chi connectivity index (χ0v) is 33.1. The summed E-state index contributed by atoms with van der Waals surface area (Å²) in [6.45, 7) is 4.05. The highest BCUT2D eigenvalue weighted by molar-refractivity contribution is 6.05. The number of alkyl carbamates (subject to hydrolysis) is 1. The number of imide groups is 1. The maximum atomic E-state index is 13.8. The second kappa shape index (κ2) is 21.7. The van der Waals surface area contributed by atoms with Crippen molar-refractivity contribution in [1.29, 1.82) is 0 Å². The summed E-state index contributed by atoms with van der Waals surface area (Å²) in [5.41, 5.74) is 11.4. The second-order valence-electron chi connectivity index (χ2n) is 15.3. The van der Waals surface area contributed by atoms with Gasteiger partial charge in [-0.2, -0.15) is 0 Å². The monoisotopic (exact) mass is 793 g/mol. The molecule has 58 heavy (non-hydrogen) atoms. The van der Waals surface area contributed by atoms with Crippen LogP contribution in [0.25, 0.3) is 10.9 Å². The largest absolute Gasteiger partial charge is 0.445 e. The Hall–Kier alpha value is -5.70. The first-order chi connectivity index (χ1) is 27.9. The molecule has 0 radical (unpaired) electrons. The number of hydrogen-bond acceptors (Lipinski definition) is 10. The van der Waals surface area contributed by atoms with Crippen LogP contribution in [0.1, 0.15) is 74.0 Å². The van der Waals surface area contributed by atoms with Gasteiger partial charge in [0, 0.05) is 18.5 Å². The lowest BCUT2D eigenvalue weighted by Gasteiger charge is -2.35. The second-order valence-corrected chi connectivity index (χ2v) is 15.3. The molecule has 3 aromatic carbocycles. The van der Waals surface area contributed by atoms with E-state index in [0.717, 1.165) is 48.6 Å². The predicted molar refractivity (Wildman–Crippen MR) is 220 cm³/mol.